The number of fused-ring (bicyclic) bond motifs is 1. The SMILES string of the molecule is Cc1nnc2ccc(N3CC(N(C)Cc4cnc(C5CC5)nc4)C3)nn12. The number of nitrogens with zero attached hydrogens (tertiary/aromatic N) is 8. The molecule has 2 aliphatic rings. The Bertz CT molecular complexity index is 924. The molecule has 0 unspecified atom stereocenters. The number of aryl methyl sites for hydroxylation is 1. The Labute approximate surface area is 151 Å². The van der Waals surface area contributed by atoms with Gasteiger partial charge in [0.1, 0.15) is 11.6 Å². The van der Waals surface area contributed by atoms with Gasteiger partial charge < -0.3 is 4.90 Å². The summed E-state index contributed by atoms with van der Waals surface area (Å²) in [7, 11) is 2.16. The van der Waals surface area contributed by atoms with Crippen LogP contribution in [-0.4, -0.2) is 60.9 Å². The van der Waals surface area contributed by atoms with Gasteiger partial charge in [0.05, 0.1) is 0 Å². The number of likely N-dealkylation sites (N-methyl/N-ethyl adjacent to an activating group) is 1. The molecule has 5 rings (SSSR count). The predicted octanol–water partition coefficient (Wildman–Crippen LogP) is 1.42. The van der Waals surface area contributed by atoms with E-state index in [1.54, 1.807) is 4.52 Å². The highest BCUT2D eigenvalue weighted by molar-refractivity contribution is 5.47. The van der Waals surface area contributed by atoms with E-state index >= 15 is 0 Å². The molecule has 26 heavy (non-hydrogen) atoms. The van der Waals surface area contributed by atoms with E-state index < -0.39 is 0 Å². The Balaban J connectivity index is 1.20. The Morgan fingerprint density at radius 2 is 1.88 bits per heavy atom. The summed E-state index contributed by atoms with van der Waals surface area (Å²) >= 11 is 0. The van der Waals surface area contributed by atoms with Crippen molar-refractivity contribution in [3.8, 4) is 0 Å². The first-order chi connectivity index (χ1) is 12.7. The number of rotatable bonds is 5. The van der Waals surface area contributed by atoms with Crippen molar-refractivity contribution in [3.63, 3.8) is 0 Å². The van der Waals surface area contributed by atoms with Crippen LogP contribution in [0.3, 0.4) is 0 Å². The van der Waals surface area contributed by atoms with Crippen LogP contribution in [-0.2, 0) is 6.54 Å². The summed E-state index contributed by atoms with van der Waals surface area (Å²) in [4.78, 5) is 13.7. The minimum Gasteiger partial charge on any atom is -0.352 e. The summed E-state index contributed by atoms with van der Waals surface area (Å²) in [5.74, 6) is 3.41. The molecule has 1 aliphatic heterocycles. The lowest BCUT2D eigenvalue weighted by Crippen LogP contribution is -2.58. The van der Waals surface area contributed by atoms with Crippen LogP contribution in [0.5, 0.6) is 0 Å². The highest BCUT2D eigenvalue weighted by Gasteiger charge is 2.31. The third-order valence-corrected chi connectivity index (χ3v) is 5.31. The molecule has 0 radical (unpaired) electrons. The van der Waals surface area contributed by atoms with Crippen LogP contribution in [0.15, 0.2) is 24.5 Å². The molecule has 0 atom stereocenters. The maximum absolute atomic E-state index is 4.65. The zero-order valence-electron chi connectivity index (χ0n) is 15.1. The third-order valence-electron chi connectivity index (χ3n) is 5.31. The third kappa shape index (κ3) is 2.80. The molecule has 0 amide bonds. The van der Waals surface area contributed by atoms with Crippen LogP contribution in [0.25, 0.3) is 5.65 Å². The van der Waals surface area contributed by atoms with Gasteiger partial charge in [-0.15, -0.1) is 15.3 Å². The second kappa shape index (κ2) is 5.98. The number of anilines is 1. The van der Waals surface area contributed by atoms with Gasteiger partial charge in [-0.3, -0.25) is 4.90 Å². The van der Waals surface area contributed by atoms with Crippen LogP contribution >= 0.6 is 0 Å². The van der Waals surface area contributed by atoms with Gasteiger partial charge in [0.25, 0.3) is 0 Å². The lowest BCUT2D eigenvalue weighted by molar-refractivity contribution is 0.196. The van der Waals surface area contributed by atoms with Gasteiger partial charge >= 0.3 is 0 Å². The zero-order chi connectivity index (χ0) is 17.7. The molecule has 0 N–H and O–H groups in total. The van der Waals surface area contributed by atoms with Crippen molar-refractivity contribution in [3.05, 3.63) is 41.7 Å². The molecule has 1 saturated heterocycles. The molecule has 0 bridgehead atoms. The van der Waals surface area contributed by atoms with Gasteiger partial charge in [-0.25, -0.2) is 9.97 Å². The molecule has 3 aromatic rings. The molecule has 8 heteroatoms. The summed E-state index contributed by atoms with van der Waals surface area (Å²) in [6, 6.07) is 4.50. The van der Waals surface area contributed by atoms with Crippen LogP contribution in [0.4, 0.5) is 5.82 Å². The van der Waals surface area contributed by atoms with Gasteiger partial charge in [-0.2, -0.15) is 4.52 Å². The van der Waals surface area contributed by atoms with Gasteiger partial charge in [-0.1, -0.05) is 0 Å². The molecule has 1 aliphatic carbocycles. The largest absolute Gasteiger partial charge is 0.352 e. The maximum Gasteiger partial charge on any atom is 0.178 e. The quantitative estimate of drug-likeness (QED) is 0.689. The highest BCUT2D eigenvalue weighted by Crippen LogP contribution is 2.37. The van der Waals surface area contributed by atoms with Crippen molar-refractivity contribution in [1.82, 2.24) is 34.7 Å². The fourth-order valence-electron chi connectivity index (χ4n) is 3.39. The van der Waals surface area contributed by atoms with Crippen molar-refractivity contribution in [2.45, 2.75) is 38.3 Å². The van der Waals surface area contributed by atoms with E-state index in [1.807, 2.05) is 31.5 Å². The first-order valence-corrected chi connectivity index (χ1v) is 9.12. The topological polar surface area (TPSA) is 75.3 Å². The zero-order valence-corrected chi connectivity index (χ0v) is 15.1. The van der Waals surface area contributed by atoms with Crippen LogP contribution < -0.4 is 4.90 Å². The predicted molar refractivity (Wildman–Crippen MR) is 97.0 cm³/mol. The van der Waals surface area contributed by atoms with Gasteiger partial charge in [0, 0.05) is 49.6 Å². The first-order valence-electron chi connectivity index (χ1n) is 9.12. The minimum atomic E-state index is 0.512. The Morgan fingerprint density at radius 1 is 1.12 bits per heavy atom. The number of aromatic nitrogens is 6. The average Bonchev–Trinajstić information content (AvgIpc) is 3.39. The normalized spacial score (nSPS) is 17.9. The maximum atomic E-state index is 4.65. The second-order valence-electron chi connectivity index (χ2n) is 7.41. The molecular weight excluding hydrogens is 328 g/mol. The summed E-state index contributed by atoms with van der Waals surface area (Å²) in [5.41, 5.74) is 1.96. The van der Waals surface area contributed by atoms with E-state index in [0.29, 0.717) is 12.0 Å². The van der Waals surface area contributed by atoms with E-state index in [-0.39, 0.29) is 0 Å². The molecular formula is C18H22N8. The molecule has 0 spiro atoms. The van der Waals surface area contributed by atoms with Crippen LogP contribution in [0.2, 0.25) is 0 Å². The van der Waals surface area contributed by atoms with Crippen molar-refractivity contribution in [2.24, 2.45) is 0 Å². The summed E-state index contributed by atoms with van der Waals surface area (Å²) in [5, 5.41) is 12.8. The molecule has 8 nitrogen and oxygen atoms in total. The van der Waals surface area contributed by atoms with Gasteiger partial charge in [0.15, 0.2) is 11.5 Å². The first kappa shape index (κ1) is 15.6. The van der Waals surface area contributed by atoms with Crippen molar-refractivity contribution in [2.75, 3.05) is 25.0 Å². The smallest absolute Gasteiger partial charge is 0.178 e. The molecule has 1 saturated carbocycles. The standard InChI is InChI=1S/C18H22N8/c1-12-21-22-16-5-6-17(23-26(12)16)25-10-15(11-25)24(2)9-13-7-19-18(20-8-13)14-3-4-14/h5-8,14-15H,3-4,9-11H2,1-2H3. The molecule has 134 valence electrons. The van der Waals surface area contributed by atoms with E-state index in [9.17, 15) is 0 Å². The van der Waals surface area contributed by atoms with Crippen molar-refractivity contribution < 1.29 is 0 Å². The van der Waals surface area contributed by atoms with Crippen LogP contribution in [0, 0.1) is 6.92 Å². The summed E-state index contributed by atoms with van der Waals surface area (Å²) < 4.78 is 1.80. The van der Waals surface area contributed by atoms with E-state index in [2.05, 4.69) is 42.1 Å². The fourth-order valence-corrected chi connectivity index (χ4v) is 3.39. The van der Waals surface area contributed by atoms with Crippen molar-refractivity contribution in [1.29, 1.82) is 0 Å². The van der Waals surface area contributed by atoms with E-state index in [4.69, 9.17) is 0 Å². The Morgan fingerprint density at radius 3 is 2.62 bits per heavy atom. The Hall–Kier alpha value is -2.61. The molecule has 3 aromatic heterocycles. The molecule has 0 aromatic carbocycles. The lowest BCUT2D eigenvalue weighted by atomic mass is 10.1. The van der Waals surface area contributed by atoms with Crippen molar-refractivity contribution >= 4 is 11.5 Å². The monoisotopic (exact) mass is 350 g/mol. The molecule has 4 heterocycles. The minimum absolute atomic E-state index is 0.512. The highest BCUT2D eigenvalue weighted by atomic mass is 15.4. The van der Waals surface area contributed by atoms with Gasteiger partial charge in [-0.05, 0) is 38.9 Å². The van der Waals surface area contributed by atoms with E-state index in [1.165, 1.54) is 18.4 Å². The lowest BCUT2D eigenvalue weighted by Gasteiger charge is -2.44. The fraction of sp³-hybridized carbons (Fsp3) is 0.500. The van der Waals surface area contributed by atoms with Crippen LogP contribution in [0.1, 0.15) is 36.0 Å². The second-order valence-corrected chi connectivity index (χ2v) is 7.41. The van der Waals surface area contributed by atoms with Gasteiger partial charge in [0.2, 0.25) is 0 Å². The van der Waals surface area contributed by atoms with E-state index in [0.717, 1.165) is 42.7 Å². The Kier molecular flexibility index (Phi) is 3.59. The summed E-state index contributed by atoms with van der Waals surface area (Å²) in [6.45, 7) is 4.73. The number of hydrogen-bond acceptors (Lipinski definition) is 7. The number of hydrogen-bond donors (Lipinski definition) is 0. The summed E-state index contributed by atoms with van der Waals surface area (Å²) in [6.07, 6.45) is 6.45. The average molecular weight is 350 g/mol. The molecule has 2 fully saturated rings.